The van der Waals surface area contributed by atoms with Gasteiger partial charge in [0.05, 0.1) is 57.2 Å². The first kappa shape index (κ1) is 69.1. The number of hydrogen-bond acceptors (Lipinski definition) is 20. The Bertz CT molecular complexity index is 3000. The fourth-order valence-electron chi connectivity index (χ4n) is 19.1. The molecule has 20 nitrogen and oxygen atoms in total. The second kappa shape index (κ2) is 24.1. The van der Waals surface area contributed by atoms with E-state index < -0.39 is 27.3 Å². The molecule has 0 amide bonds. The Morgan fingerprint density at radius 3 is 1.38 bits per heavy atom. The van der Waals surface area contributed by atoms with E-state index in [9.17, 15) is 47.9 Å². The van der Waals surface area contributed by atoms with Crippen molar-refractivity contribution in [2.75, 3.05) is 0 Å². The van der Waals surface area contributed by atoms with E-state index >= 15 is 0 Å². The van der Waals surface area contributed by atoms with Crippen molar-refractivity contribution < 1.29 is 95.3 Å². The number of esters is 10. The van der Waals surface area contributed by atoms with Crippen LogP contribution in [0.15, 0.2) is 0 Å². The standard InChI is InChI=1S/C16H24O4.2C15H22O4.C14H20O4.C13H18O4/c1-6-15(2,3)14(18)20-11-9-7-8-10(16(9,4)5)12(11)19-13(8)17;1-5-14(2,3)13(17)19-11-10-8-6-15(11,4)7-9(8)12(16)18-10;1-5-14(2,3)13(17)18-11-8-6-9-10(7-8)15(11,4)19-12(9)16;1-4-14(2,3)13(16)18-10-7-5-8-9(6-7)12(15)17-11(8)10;1-3-6(2)12(14)16-10-7-4-8-9(5-7)13(15)17-11(8)10/h8-12H,6-7H2,1-5H3;2*8-11H,5-7H2,1-4H3;7-11H,4-6H2,1-3H3;6-11H,3-5H2,1-2H3. The fraction of sp³-hybridized carbons (Fsp3) is 0.863. The van der Waals surface area contributed by atoms with Crippen LogP contribution in [0.4, 0.5) is 0 Å². The van der Waals surface area contributed by atoms with Gasteiger partial charge in [-0.3, -0.25) is 47.9 Å². The molecule has 5 saturated heterocycles. The lowest BCUT2D eigenvalue weighted by Gasteiger charge is -2.36. The summed E-state index contributed by atoms with van der Waals surface area (Å²) >= 11 is 0. The molecular formula is C73H106O20. The van der Waals surface area contributed by atoms with Gasteiger partial charge >= 0.3 is 59.7 Å². The fourth-order valence-corrected chi connectivity index (χ4v) is 19.1. The zero-order valence-electron chi connectivity index (χ0n) is 58.4. The Morgan fingerprint density at radius 1 is 0.441 bits per heavy atom. The summed E-state index contributed by atoms with van der Waals surface area (Å²) in [6.45, 7) is 35.4. The lowest BCUT2D eigenvalue weighted by Crippen LogP contribution is -2.47. The monoisotopic (exact) mass is 1300 g/mol. The van der Waals surface area contributed by atoms with Gasteiger partial charge in [0.2, 0.25) is 0 Å². The average Bonchev–Trinajstić information content (AvgIpc) is 1.56. The minimum Gasteiger partial charge on any atom is -0.458 e. The van der Waals surface area contributed by atoms with Crippen LogP contribution >= 0.6 is 0 Å². The van der Waals surface area contributed by atoms with Gasteiger partial charge in [0.1, 0.15) is 60.5 Å². The third-order valence-electron chi connectivity index (χ3n) is 27.0. The van der Waals surface area contributed by atoms with E-state index in [2.05, 4.69) is 20.8 Å². The summed E-state index contributed by atoms with van der Waals surface area (Å²) in [6, 6.07) is 0. The van der Waals surface area contributed by atoms with Crippen LogP contribution in [0.25, 0.3) is 0 Å². The molecule has 15 aliphatic rings. The van der Waals surface area contributed by atoms with Gasteiger partial charge in [-0.25, -0.2) is 0 Å². The van der Waals surface area contributed by atoms with Crippen LogP contribution in [0, 0.1) is 121 Å². The highest BCUT2D eigenvalue weighted by atomic mass is 16.6. The SMILES string of the molecule is CCC(C)(C)C(=O)OC1C2CC3C(=O)OC1(C)C3C2.CCC(C)(C)C(=O)OC1C2CC3C(=O)OC1C3C2.CCC(C)(C)C(=O)OC1C2OC(=O)C3CC1(C)CC32.CCC(C)(C)C(=O)OC1C2OC(=O)C3CC1C(C)(C)C32.CCC(C)C(=O)OC1C2CC3C(=O)OC1C3C2. The highest BCUT2D eigenvalue weighted by Crippen LogP contribution is 2.67. The van der Waals surface area contributed by atoms with Crippen molar-refractivity contribution in [3.63, 3.8) is 0 Å². The van der Waals surface area contributed by atoms with Crippen LogP contribution in [0.5, 0.6) is 0 Å². The molecule has 10 aliphatic carbocycles. The lowest BCUT2D eigenvalue weighted by atomic mass is 9.79. The van der Waals surface area contributed by atoms with Gasteiger partial charge in [-0.2, -0.15) is 0 Å². The van der Waals surface area contributed by atoms with Gasteiger partial charge in [0.25, 0.3) is 0 Å². The second-order valence-electron chi connectivity index (χ2n) is 34.3. The molecule has 15 fully saturated rings. The van der Waals surface area contributed by atoms with Crippen molar-refractivity contribution in [1.29, 1.82) is 0 Å². The predicted octanol–water partition coefficient (Wildman–Crippen LogP) is 10.6. The highest BCUT2D eigenvalue weighted by Gasteiger charge is 2.74. The molecule has 0 aromatic heterocycles. The number of carbonyl (C=O) groups excluding carboxylic acids is 10. The summed E-state index contributed by atoms with van der Waals surface area (Å²) in [5, 5.41) is 0. The topological polar surface area (TPSA) is 263 Å². The molecule has 0 spiro atoms. The Morgan fingerprint density at radius 2 is 0.871 bits per heavy atom. The van der Waals surface area contributed by atoms with E-state index in [-0.39, 0.29) is 185 Å². The van der Waals surface area contributed by atoms with Gasteiger partial charge in [0, 0.05) is 58.7 Å². The summed E-state index contributed by atoms with van der Waals surface area (Å²) in [6.07, 6.45) is 9.85. The summed E-state index contributed by atoms with van der Waals surface area (Å²) in [4.78, 5) is 119. The average molecular weight is 1300 g/mol. The van der Waals surface area contributed by atoms with Crippen molar-refractivity contribution in [2.24, 2.45) is 121 Å². The Hall–Kier alpha value is -5.30. The third-order valence-corrected chi connectivity index (χ3v) is 27.0. The van der Waals surface area contributed by atoms with Crippen LogP contribution in [-0.2, 0) is 95.3 Å². The van der Waals surface area contributed by atoms with Crippen molar-refractivity contribution >= 4 is 59.7 Å². The minimum absolute atomic E-state index is 0.0167. The van der Waals surface area contributed by atoms with Crippen LogP contribution in [-0.4, -0.2) is 120 Å². The molecule has 5 aliphatic heterocycles. The quantitative estimate of drug-likeness (QED) is 0.109. The molecule has 10 bridgehead atoms. The summed E-state index contributed by atoms with van der Waals surface area (Å²) in [5.74, 6) is 1.46. The molecular weight excluding hydrogens is 1200 g/mol. The molecule has 0 radical (unpaired) electrons. The van der Waals surface area contributed by atoms with Gasteiger partial charge in [-0.05, 0) is 158 Å². The zero-order chi connectivity index (χ0) is 68.1. The number of ether oxygens (including phenoxy) is 10. The van der Waals surface area contributed by atoms with Gasteiger partial charge < -0.3 is 47.4 Å². The molecule has 26 unspecified atom stereocenters. The van der Waals surface area contributed by atoms with E-state index in [0.717, 1.165) is 89.9 Å². The summed E-state index contributed by atoms with van der Waals surface area (Å²) < 4.78 is 55.8. The molecule has 93 heavy (non-hydrogen) atoms. The van der Waals surface area contributed by atoms with E-state index in [4.69, 9.17) is 47.4 Å². The second-order valence-corrected chi connectivity index (χ2v) is 34.3. The molecule has 15 rings (SSSR count). The highest BCUT2D eigenvalue weighted by molar-refractivity contribution is 5.82. The number of carbonyl (C=O) groups is 10. The van der Waals surface area contributed by atoms with Crippen molar-refractivity contribution in [3.05, 3.63) is 0 Å². The first-order valence-corrected chi connectivity index (χ1v) is 35.4. The summed E-state index contributed by atoms with van der Waals surface area (Å²) in [7, 11) is 0. The first-order valence-electron chi connectivity index (χ1n) is 35.4. The zero-order valence-corrected chi connectivity index (χ0v) is 58.4. The molecule has 10 saturated carbocycles. The predicted molar refractivity (Wildman–Crippen MR) is 331 cm³/mol. The van der Waals surface area contributed by atoms with Crippen LogP contribution < -0.4 is 0 Å². The van der Waals surface area contributed by atoms with Crippen molar-refractivity contribution in [1.82, 2.24) is 0 Å². The molecule has 5 heterocycles. The van der Waals surface area contributed by atoms with Crippen LogP contribution in [0.3, 0.4) is 0 Å². The van der Waals surface area contributed by atoms with Crippen molar-refractivity contribution in [3.8, 4) is 0 Å². The lowest BCUT2D eigenvalue weighted by molar-refractivity contribution is -0.181. The van der Waals surface area contributed by atoms with Crippen LogP contribution in [0.2, 0.25) is 0 Å². The summed E-state index contributed by atoms with van der Waals surface area (Å²) in [5.41, 5.74) is -2.52. The molecule has 0 aromatic rings. The number of hydrogen-bond donors (Lipinski definition) is 0. The van der Waals surface area contributed by atoms with Gasteiger partial charge in [0.15, 0.2) is 0 Å². The Balaban J connectivity index is 0.000000119. The van der Waals surface area contributed by atoms with Crippen LogP contribution in [0.1, 0.15) is 215 Å². The molecule has 0 N–H and O–H groups in total. The Labute approximate surface area is 549 Å². The first-order chi connectivity index (χ1) is 43.3. The maximum Gasteiger partial charge on any atom is 0.311 e. The number of rotatable bonds is 15. The van der Waals surface area contributed by atoms with Crippen molar-refractivity contribution in [2.45, 2.75) is 275 Å². The number of fused-ring (bicyclic) bond motifs is 5. The third kappa shape index (κ3) is 11.4. The van der Waals surface area contributed by atoms with E-state index in [1.807, 2.05) is 104 Å². The smallest absolute Gasteiger partial charge is 0.311 e. The largest absolute Gasteiger partial charge is 0.458 e. The van der Waals surface area contributed by atoms with E-state index in [1.165, 1.54) is 0 Å². The van der Waals surface area contributed by atoms with Gasteiger partial charge in [-0.15, -0.1) is 0 Å². The molecule has 518 valence electrons. The van der Waals surface area contributed by atoms with E-state index in [0.29, 0.717) is 29.6 Å². The maximum atomic E-state index is 12.3. The Kier molecular flexibility index (Phi) is 17.9. The van der Waals surface area contributed by atoms with E-state index in [1.54, 1.807) is 0 Å². The normalized spacial score (nSPS) is 42.5. The maximum absolute atomic E-state index is 12.3. The minimum atomic E-state index is -0.579. The molecule has 20 heteroatoms. The molecule has 26 atom stereocenters. The van der Waals surface area contributed by atoms with Gasteiger partial charge in [-0.1, -0.05) is 62.3 Å². The molecule has 0 aromatic carbocycles.